The molecule has 0 N–H and O–H groups in total. The summed E-state index contributed by atoms with van der Waals surface area (Å²) >= 11 is 7.74. The first-order valence-corrected chi connectivity index (χ1v) is 5.35. The lowest BCUT2D eigenvalue weighted by molar-refractivity contribution is 0.869. The highest BCUT2D eigenvalue weighted by Crippen LogP contribution is 2.34. The fourth-order valence-corrected chi connectivity index (χ4v) is 2.58. The summed E-state index contributed by atoms with van der Waals surface area (Å²) in [5, 5.41) is 0.638. The Labute approximate surface area is 80.8 Å². The minimum atomic E-state index is 0.638. The first-order valence-electron chi connectivity index (χ1n) is 3.99. The van der Waals surface area contributed by atoms with Crippen LogP contribution in [0.15, 0.2) is 4.90 Å². The maximum Gasteiger partial charge on any atom is 0.146 e. The Balaban J connectivity index is 2.51. The maximum atomic E-state index is 5.98. The normalized spacial score (nSPS) is 14.8. The molecule has 2 rings (SSSR count). The van der Waals surface area contributed by atoms with E-state index in [2.05, 4.69) is 9.97 Å². The molecular formula is C8H9ClN2S. The van der Waals surface area contributed by atoms with E-state index in [0.29, 0.717) is 5.15 Å². The molecule has 0 unspecified atom stereocenters. The third kappa shape index (κ3) is 1.31. The van der Waals surface area contributed by atoms with Gasteiger partial charge in [0.15, 0.2) is 0 Å². The van der Waals surface area contributed by atoms with Crippen molar-refractivity contribution in [2.45, 2.75) is 24.7 Å². The SMILES string of the molecule is CCc1nc(Cl)c2c(n1)CCS2. The molecule has 1 aromatic heterocycles. The third-order valence-corrected chi connectivity index (χ3v) is 3.35. The second-order valence-electron chi connectivity index (χ2n) is 2.66. The largest absolute Gasteiger partial charge is 0.237 e. The molecule has 0 bridgehead atoms. The van der Waals surface area contributed by atoms with Crippen LogP contribution >= 0.6 is 23.4 Å². The molecule has 64 valence electrons. The van der Waals surface area contributed by atoms with Gasteiger partial charge in [-0.25, -0.2) is 9.97 Å². The Morgan fingerprint density at radius 3 is 3.08 bits per heavy atom. The summed E-state index contributed by atoms with van der Waals surface area (Å²) in [6.45, 7) is 2.04. The molecule has 0 aromatic carbocycles. The number of rotatable bonds is 1. The molecule has 0 radical (unpaired) electrons. The monoisotopic (exact) mass is 200 g/mol. The predicted molar refractivity (Wildman–Crippen MR) is 50.8 cm³/mol. The molecule has 0 saturated heterocycles. The van der Waals surface area contributed by atoms with Gasteiger partial charge in [-0.1, -0.05) is 18.5 Å². The predicted octanol–water partition coefficient (Wildman–Crippen LogP) is 2.34. The van der Waals surface area contributed by atoms with E-state index in [1.165, 1.54) is 0 Å². The van der Waals surface area contributed by atoms with E-state index >= 15 is 0 Å². The zero-order valence-electron chi connectivity index (χ0n) is 6.80. The Morgan fingerprint density at radius 1 is 1.50 bits per heavy atom. The fraction of sp³-hybridized carbons (Fsp3) is 0.500. The number of halogens is 1. The van der Waals surface area contributed by atoms with Crippen molar-refractivity contribution in [3.8, 4) is 0 Å². The number of aryl methyl sites for hydroxylation is 2. The van der Waals surface area contributed by atoms with Gasteiger partial charge in [-0.2, -0.15) is 0 Å². The average molecular weight is 201 g/mol. The van der Waals surface area contributed by atoms with Crippen LogP contribution in [0.25, 0.3) is 0 Å². The minimum absolute atomic E-state index is 0.638. The van der Waals surface area contributed by atoms with Crippen LogP contribution in [0.2, 0.25) is 5.15 Å². The van der Waals surface area contributed by atoms with Crippen LogP contribution in [0.3, 0.4) is 0 Å². The molecular weight excluding hydrogens is 192 g/mol. The molecule has 2 nitrogen and oxygen atoms in total. The third-order valence-electron chi connectivity index (χ3n) is 1.84. The Bertz CT molecular complexity index is 314. The quantitative estimate of drug-likeness (QED) is 0.651. The maximum absolute atomic E-state index is 5.98. The van der Waals surface area contributed by atoms with Crippen LogP contribution in [0.5, 0.6) is 0 Å². The first-order chi connectivity index (χ1) is 5.81. The van der Waals surface area contributed by atoms with E-state index in [0.717, 1.165) is 35.0 Å². The van der Waals surface area contributed by atoms with Crippen LogP contribution in [-0.2, 0) is 12.8 Å². The van der Waals surface area contributed by atoms with Gasteiger partial charge < -0.3 is 0 Å². The van der Waals surface area contributed by atoms with Gasteiger partial charge in [0.05, 0.1) is 10.6 Å². The van der Waals surface area contributed by atoms with Gasteiger partial charge in [-0.15, -0.1) is 11.8 Å². The van der Waals surface area contributed by atoms with Crippen LogP contribution in [0.1, 0.15) is 18.4 Å². The van der Waals surface area contributed by atoms with Crippen molar-refractivity contribution in [1.29, 1.82) is 0 Å². The molecule has 0 aliphatic carbocycles. The van der Waals surface area contributed by atoms with E-state index in [4.69, 9.17) is 11.6 Å². The standard InChI is InChI=1S/C8H9ClN2S/c1-2-6-10-5-3-4-12-7(5)8(9)11-6/h2-4H2,1H3. The van der Waals surface area contributed by atoms with E-state index in [1.54, 1.807) is 11.8 Å². The van der Waals surface area contributed by atoms with Crippen molar-refractivity contribution in [2.75, 3.05) is 5.75 Å². The Morgan fingerprint density at radius 2 is 2.33 bits per heavy atom. The van der Waals surface area contributed by atoms with Gasteiger partial charge in [0.2, 0.25) is 0 Å². The van der Waals surface area contributed by atoms with Crippen LogP contribution in [-0.4, -0.2) is 15.7 Å². The highest BCUT2D eigenvalue weighted by molar-refractivity contribution is 7.99. The minimum Gasteiger partial charge on any atom is -0.237 e. The topological polar surface area (TPSA) is 25.8 Å². The molecule has 0 fully saturated rings. The lowest BCUT2D eigenvalue weighted by Crippen LogP contribution is -1.98. The van der Waals surface area contributed by atoms with E-state index in [-0.39, 0.29) is 0 Å². The molecule has 1 aromatic rings. The molecule has 0 amide bonds. The van der Waals surface area contributed by atoms with Crippen molar-refractivity contribution in [1.82, 2.24) is 9.97 Å². The van der Waals surface area contributed by atoms with Crippen LogP contribution in [0.4, 0.5) is 0 Å². The molecule has 4 heteroatoms. The number of aromatic nitrogens is 2. The zero-order valence-corrected chi connectivity index (χ0v) is 8.37. The molecule has 0 saturated carbocycles. The van der Waals surface area contributed by atoms with Crippen molar-refractivity contribution in [3.05, 3.63) is 16.7 Å². The molecule has 2 heterocycles. The molecule has 1 aliphatic rings. The Kier molecular flexibility index (Phi) is 2.24. The smallest absolute Gasteiger partial charge is 0.146 e. The van der Waals surface area contributed by atoms with E-state index < -0.39 is 0 Å². The Hall–Kier alpha value is -0.280. The van der Waals surface area contributed by atoms with Gasteiger partial charge in [0.1, 0.15) is 11.0 Å². The van der Waals surface area contributed by atoms with Gasteiger partial charge >= 0.3 is 0 Å². The van der Waals surface area contributed by atoms with Gasteiger partial charge in [0, 0.05) is 18.6 Å². The van der Waals surface area contributed by atoms with Crippen molar-refractivity contribution >= 4 is 23.4 Å². The summed E-state index contributed by atoms with van der Waals surface area (Å²) in [5.74, 6) is 1.96. The highest BCUT2D eigenvalue weighted by Gasteiger charge is 2.18. The second kappa shape index (κ2) is 3.23. The number of hydrogen-bond donors (Lipinski definition) is 0. The second-order valence-corrected chi connectivity index (χ2v) is 4.12. The summed E-state index contributed by atoms with van der Waals surface area (Å²) in [7, 11) is 0. The van der Waals surface area contributed by atoms with Crippen molar-refractivity contribution < 1.29 is 0 Å². The number of hydrogen-bond acceptors (Lipinski definition) is 3. The van der Waals surface area contributed by atoms with E-state index in [9.17, 15) is 0 Å². The summed E-state index contributed by atoms with van der Waals surface area (Å²) in [5.41, 5.74) is 1.14. The fourth-order valence-electron chi connectivity index (χ4n) is 1.23. The molecule has 0 atom stereocenters. The molecule has 1 aliphatic heterocycles. The van der Waals surface area contributed by atoms with Gasteiger partial charge in [-0.05, 0) is 0 Å². The molecule has 0 spiro atoms. The van der Waals surface area contributed by atoms with E-state index in [1.807, 2.05) is 6.92 Å². The van der Waals surface area contributed by atoms with Gasteiger partial charge in [0.25, 0.3) is 0 Å². The van der Waals surface area contributed by atoms with Crippen molar-refractivity contribution in [2.24, 2.45) is 0 Å². The number of nitrogens with zero attached hydrogens (tertiary/aromatic N) is 2. The highest BCUT2D eigenvalue weighted by atomic mass is 35.5. The summed E-state index contributed by atoms with van der Waals surface area (Å²) in [4.78, 5) is 9.70. The lowest BCUT2D eigenvalue weighted by Gasteiger charge is -2.01. The number of fused-ring (bicyclic) bond motifs is 1. The van der Waals surface area contributed by atoms with Crippen molar-refractivity contribution in [3.63, 3.8) is 0 Å². The molecule has 12 heavy (non-hydrogen) atoms. The summed E-state index contributed by atoms with van der Waals surface area (Å²) < 4.78 is 0. The summed E-state index contributed by atoms with van der Waals surface area (Å²) in [6.07, 6.45) is 1.90. The number of thioether (sulfide) groups is 1. The average Bonchev–Trinajstić information content (AvgIpc) is 2.52. The first kappa shape index (κ1) is 8.32. The zero-order chi connectivity index (χ0) is 8.55. The van der Waals surface area contributed by atoms with Crippen LogP contribution < -0.4 is 0 Å². The van der Waals surface area contributed by atoms with Crippen LogP contribution in [0, 0.1) is 0 Å². The van der Waals surface area contributed by atoms with Gasteiger partial charge in [-0.3, -0.25) is 0 Å². The summed E-state index contributed by atoms with van der Waals surface area (Å²) in [6, 6.07) is 0. The lowest BCUT2D eigenvalue weighted by atomic mass is 10.3.